The first-order valence-electron chi connectivity index (χ1n) is 6.50. The molecule has 1 aliphatic rings. The summed E-state index contributed by atoms with van der Waals surface area (Å²) >= 11 is 0. The van der Waals surface area contributed by atoms with Gasteiger partial charge < -0.3 is 10.1 Å². The number of nitrogens with one attached hydrogen (secondary N) is 1. The van der Waals surface area contributed by atoms with Gasteiger partial charge in [0.25, 0.3) is 0 Å². The molecule has 0 spiro atoms. The molecule has 100 valence electrons. The third kappa shape index (κ3) is 1.90. The zero-order valence-corrected chi connectivity index (χ0v) is 10.7. The first kappa shape index (κ1) is 11.4. The van der Waals surface area contributed by atoms with Crippen molar-refractivity contribution in [3.8, 4) is 5.82 Å². The number of nitrogens with zero attached hydrogens (tertiary/aromatic N) is 4. The van der Waals surface area contributed by atoms with Crippen LogP contribution in [0.2, 0.25) is 0 Å². The van der Waals surface area contributed by atoms with Crippen LogP contribution in [0.25, 0.3) is 16.9 Å². The number of benzene rings is 1. The largest absolute Gasteiger partial charge is 0.377 e. The van der Waals surface area contributed by atoms with Gasteiger partial charge in [0, 0.05) is 6.20 Å². The van der Waals surface area contributed by atoms with Crippen molar-refractivity contribution in [2.24, 2.45) is 0 Å². The van der Waals surface area contributed by atoms with Gasteiger partial charge in [-0.1, -0.05) is 12.1 Å². The van der Waals surface area contributed by atoms with Gasteiger partial charge in [-0.05, 0) is 18.2 Å². The van der Waals surface area contributed by atoms with E-state index >= 15 is 0 Å². The average molecular weight is 267 g/mol. The molecule has 3 aromatic rings. The van der Waals surface area contributed by atoms with E-state index in [4.69, 9.17) is 4.74 Å². The Kier molecular flexibility index (Phi) is 2.60. The van der Waals surface area contributed by atoms with Crippen LogP contribution in [0.3, 0.4) is 0 Å². The molecule has 0 saturated carbocycles. The molecule has 0 amide bonds. The van der Waals surface area contributed by atoms with Gasteiger partial charge in [-0.25, -0.2) is 9.97 Å². The van der Waals surface area contributed by atoms with Gasteiger partial charge in [-0.2, -0.15) is 4.98 Å². The predicted molar refractivity (Wildman–Crippen MR) is 74.9 cm³/mol. The second-order valence-corrected chi connectivity index (χ2v) is 4.72. The fourth-order valence-electron chi connectivity index (χ4n) is 2.20. The first-order valence-corrected chi connectivity index (χ1v) is 6.50. The summed E-state index contributed by atoms with van der Waals surface area (Å²) in [5, 5.41) is 3.25. The average Bonchev–Trinajstić information content (AvgIpc) is 2.87. The SMILES string of the molecule is c1ccc2c(c1)ncn2-c1ccnc(NC2COC2)n1. The van der Waals surface area contributed by atoms with Crippen molar-refractivity contribution in [2.45, 2.75) is 6.04 Å². The van der Waals surface area contributed by atoms with Crippen molar-refractivity contribution in [1.29, 1.82) is 0 Å². The molecular weight excluding hydrogens is 254 g/mol. The summed E-state index contributed by atoms with van der Waals surface area (Å²) in [4.78, 5) is 13.1. The molecule has 1 aliphatic heterocycles. The minimum atomic E-state index is 0.310. The first-order chi connectivity index (χ1) is 9.90. The van der Waals surface area contributed by atoms with E-state index in [1.807, 2.05) is 34.9 Å². The summed E-state index contributed by atoms with van der Waals surface area (Å²) in [5.41, 5.74) is 1.98. The quantitative estimate of drug-likeness (QED) is 0.781. The van der Waals surface area contributed by atoms with Crippen molar-refractivity contribution < 1.29 is 4.74 Å². The highest BCUT2D eigenvalue weighted by Crippen LogP contribution is 2.17. The van der Waals surface area contributed by atoms with Gasteiger partial charge in [0.2, 0.25) is 5.95 Å². The summed E-state index contributed by atoms with van der Waals surface area (Å²) < 4.78 is 7.09. The number of aromatic nitrogens is 4. The Balaban J connectivity index is 1.72. The smallest absolute Gasteiger partial charge is 0.225 e. The molecule has 6 heteroatoms. The lowest BCUT2D eigenvalue weighted by atomic mass is 10.3. The lowest BCUT2D eigenvalue weighted by Gasteiger charge is -2.26. The van der Waals surface area contributed by atoms with Crippen LogP contribution in [0.4, 0.5) is 5.95 Å². The number of imidazole rings is 1. The van der Waals surface area contributed by atoms with Crippen LogP contribution in [0.5, 0.6) is 0 Å². The number of anilines is 1. The Hall–Kier alpha value is -2.47. The predicted octanol–water partition coefficient (Wildman–Crippen LogP) is 1.63. The molecule has 1 fully saturated rings. The summed E-state index contributed by atoms with van der Waals surface area (Å²) in [6.07, 6.45) is 3.53. The molecule has 1 aromatic carbocycles. The molecule has 0 atom stereocenters. The number of ether oxygens (including phenoxy) is 1. The van der Waals surface area contributed by atoms with Gasteiger partial charge in [-0.3, -0.25) is 4.57 Å². The number of rotatable bonds is 3. The molecule has 0 radical (unpaired) electrons. The highest BCUT2D eigenvalue weighted by molar-refractivity contribution is 5.76. The van der Waals surface area contributed by atoms with Gasteiger partial charge in [-0.15, -0.1) is 0 Å². The molecule has 0 unspecified atom stereocenters. The van der Waals surface area contributed by atoms with Crippen LogP contribution in [0.1, 0.15) is 0 Å². The van der Waals surface area contributed by atoms with E-state index in [-0.39, 0.29) is 0 Å². The molecule has 6 nitrogen and oxygen atoms in total. The number of hydrogen-bond donors (Lipinski definition) is 1. The Morgan fingerprint density at radius 2 is 2.05 bits per heavy atom. The molecule has 20 heavy (non-hydrogen) atoms. The number of hydrogen-bond acceptors (Lipinski definition) is 5. The Morgan fingerprint density at radius 1 is 1.15 bits per heavy atom. The van der Waals surface area contributed by atoms with E-state index < -0.39 is 0 Å². The van der Waals surface area contributed by atoms with Crippen LogP contribution in [-0.2, 0) is 4.74 Å². The lowest BCUT2D eigenvalue weighted by molar-refractivity contribution is 0.0208. The van der Waals surface area contributed by atoms with Crippen molar-refractivity contribution in [3.63, 3.8) is 0 Å². The van der Waals surface area contributed by atoms with Crippen LogP contribution in [0.15, 0.2) is 42.9 Å². The maximum absolute atomic E-state index is 5.13. The molecule has 1 N–H and O–H groups in total. The van der Waals surface area contributed by atoms with E-state index in [1.54, 1.807) is 12.5 Å². The van der Waals surface area contributed by atoms with Gasteiger partial charge in [0.05, 0.1) is 30.3 Å². The molecule has 1 saturated heterocycles. The topological polar surface area (TPSA) is 64.9 Å². The summed E-state index contributed by atoms with van der Waals surface area (Å²) in [7, 11) is 0. The van der Waals surface area contributed by atoms with Crippen molar-refractivity contribution in [1.82, 2.24) is 19.5 Å². The molecular formula is C14H13N5O. The highest BCUT2D eigenvalue weighted by atomic mass is 16.5. The number of fused-ring (bicyclic) bond motifs is 1. The summed E-state index contributed by atoms with van der Waals surface area (Å²) in [6, 6.07) is 10.2. The fraction of sp³-hybridized carbons (Fsp3) is 0.214. The Bertz CT molecular complexity index is 750. The Labute approximate surface area is 115 Å². The van der Waals surface area contributed by atoms with Crippen LogP contribution < -0.4 is 5.32 Å². The van der Waals surface area contributed by atoms with Gasteiger partial charge >= 0.3 is 0 Å². The minimum Gasteiger partial charge on any atom is -0.377 e. The summed E-state index contributed by atoms with van der Waals surface area (Å²) in [6.45, 7) is 1.42. The van der Waals surface area contributed by atoms with Crippen molar-refractivity contribution >= 4 is 17.0 Å². The van der Waals surface area contributed by atoms with Gasteiger partial charge in [0.15, 0.2) is 0 Å². The van der Waals surface area contributed by atoms with Crippen molar-refractivity contribution in [3.05, 3.63) is 42.9 Å². The fourth-order valence-corrected chi connectivity index (χ4v) is 2.20. The maximum atomic E-state index is 5.13. The molecule has 4 rings (SSSR count). The lowest BCUT2D eigenvalue weighted by Crippen LogP contribution is -2.40. The second-order valence-electron chi connectivity index (χ2n) is 4.72. The zero-order valence-electron chi connectivity index (χ0n) is 10.7. The summed E-state index contributed by atoms with van der Waals surface area (Å²) in [5.74, 6) is 1.42. The number of para-hydroxylation sites is 2. The Morgan fingerprint density at radius 3 is 2.90 bits per heavy atom. The van der Waals surface area contributed by atoms with Crippen LogP contribution in [-0.4, -0.2) is 38.8 Å². The third-order valence-corrected chi connectivity index (χ3v) is 3.31. The van der Waals surface area contributed by atoms with Crippen LogP contribution in [0, 0.1) is 0 Å². The normalized spacial score (nSPS) is 15.2. The van der Waals surface area contributed by atoms with E-state index in [1.165, 1.54) is 0 Å². The molecule has 3 heterocycles. The van der Waals surface area contributed by atoms with Crippen molar-refractivity contribution in [2.75, 3.05) is 18.5 Å². The standard InChI is InChI=1S/C14H13N5O/c1-2-4-12-11(3-1)16-9-19(12)13-5-6-15-14(18-13)17-10-7-20-8-10/h1-6,9-10H,7-8H2,(H,15,17,18). The minimum absolute atomic E-state index is 0.310. The monoisotopic (exact) mass is 267 g/mol. The molecule has 0 bridgehead atoms. The van der Waals surface area contributed by atoms with E-state index in [2.05, 4.69) is 20.3 Å². The maximum Gasteiger partial charge on any atom is 0.225 e. The highest BCUT2D eigenvalue weighted by Gasteiger charge is 2.19. The molecule has 2 aromatic heterocycles. The van der Waals surface area contributed by atoms with E-state index in [9.17, 15) is 0 Å². The van der Waals surface area contributed by atoms with Gasteiger partial charge in [0.1, 0.15) is 12.1 Å². The van der Waals surface area contributed by atoms with E-state index in [0.29, 0.717) is 25.2 Å². The molecule has 0 aliphatic carbocycles. The van der Waals surface area contributed by atoms with E-state index in [0.717, 1.165) is 16.9 Å². The second kappa shape index (κ2) is 4.57. The van der Waals surface area contributed by atoms with Crippen LogP contribution >= 0.6 is 0 Å². The zero-order chi connectivity index (χ0) is 13.4. The third-order valence-electron chi connectivity index (χ3n) is 3.31.